The Kier molecular flexibility index (Phi) is 4.99. The van der Waals surface area contributed by atoms with Gasteiger partial charge in [-0.15, -0.1) is 0 Å². The predicted octanol–water partition coefficient (Wildman–Crippen LogP) is 5.65. The van der Waals surface area contributed by atoms with Crippen molar-refractivity contribution in [3.63, 3.8) is 0 Å². The normalized spacial score (nSPS) is 14.2. The summed E-state index contributed by atoms with van der Waals surface area (Å²) in [5.41, 5.74) is 3.05. The molecule has 0 nitrogen and oxygen atoms in total. The quantitative estimate of drug-likeness (QED) is 0.613. The fraction of sp³-hybridized carbons (Fsp3) is 0.529. The molecule has 1 atom stereocenters. The third-order valence-electron chi connectivity index (χ3n) is 3.76. The highest BCUT2D eigenvalue weighted by atomic mass is 14.1. The zero-order valence-electron chi connectivity index (χ0n) is 12.0. The molecule has 1 rings (SSSR count). The second kappa shape index (κ2) is 6.05. The average Bonchev–Trinajstić information content (AvgIpc) is 2.36. The smallest absolute Gasteiger partial charge is 0.0174 e. The van der Waals surface area contributed by atoms with Crippen LogP contribution in [0.4, 0.5) is 0 Å². The van der Waals surface area contributed by atoms with Crippen LogP contribution in [-0.2, 0) is 0 Å². The van der Waals surface area contributed by atoms with Crippen molar-refractivity contribution < 1.29 is 0 Å². The van der Waals surface area contributed by atoms with Gasteiger partial charge in [-0.1, -0.05) is 71.0 Å². The summed E-state index contributed by atoms with van der Waals surface area (Å²) in [6.07, 6.45) is 6.93. The van der Waals surface area contributed by atoms with Gasteiger partial charge in [0.05, 0.1) is 0 Å². The van der Waals surface area contributed by atoms with Crippen molar-refractivity contribution in [1.82, 2.24) is 0 Å². The lowest BCUT2D eigenvalue weighted by Gasteiger charge is -2.16. The maximum Gasteiger partial charge on any atom is -0.0174 e. The second-order valence-corrected chi connectivity index (χ2v) is 5.65. The van der Waals surface area contributed by atoms with Crippen LogP contribution in [0.15, 0.2) is 30.3 Å². The summed E-state index contributed by atoms with van der Waals surface area (Å²) in [4.78, 5) is 0. The van der Waals surface area contributed by atoms with Crippen molar-refractivity contribution in [1.29, 1.82) is 0 Å². The lowest BCUT2D eigenvalue weighted by atomic mass is 9.89. The molecule has 17 heavy (non-hydrogen) atoms. The summed E-state index contributed by atoms with van der Waals surface area (Å²) in [5.74, 6) is 0.667. The van der Waals surface area contributed by atoms with Gasteiger partial charge in [0.25, 0.3) is 0 Å². The van der Waals surface area contributed by atoms with E-state index in [1.54, 1.807) is 0 Å². The van der Waals surface area contributed by atoms with Crippen molar-refractivity contribution in [2.24, 2.45) is 5.41 Å². The van der Waals surface area contributed by atoms with Crippen LogP contribution in [0.1, 0.15) is 64.5 Å². The molecule has 0 saturated heterocycles. The fourth-order valence-electron chi connectivity index (χ4n) is 1.61. The first-order chi connectivity index (χ1) is 7.98. The van der Waals surface area contributed by atoms with Crippen LogP contribution in [0.5, 0.6) is 0 Å². The van der Waals surface area contributed by atoms with E-state index in [-0.39, 0.29) is 0 Å². The zero-order valence-corrected chi connectivity index (χ0v) is 12.0. The van der Waals surface area contributed by atoms with E-state index in [1.165, 1.54) is 24.0 Å². The molecule has 0 radical (unpaired) electrons. The fourth-order valence-corrected chi connectivity index (χ4v) is 1.61. The molecule has 0 aliphatic heterocycles. The average molecular weight is 230 g/mol. The van der Waals surface area contributed by atoms with Crippen LogP contribution in [0.25, 0.3) is 6.08 Å². The van der Waals surface area contributed by atoms with Crippen molar-refractivity contribution in [2.45, 2.75) is 53.4 Å². The largest absolute Gasteiger partial charge is 0.0783 e. The molecule has 0 heteroatoms. The highest BCUT2D eigenvalue weighted by Gasteiger charge is 2.09. The van der Waals surface area contributed by atoms with Gasteiger partial charge in [-0.3, -0.25) is 0 Å². The monoisotopic (exact) mass is 230 g/mol. The first-order valence-corrected chi connectivity index (χ1v) is 6.77. The molecule has 0 spiro atoms. The van der Waals surface area contributed by atoms with E-state index in [4.69, 9.17) is 0 Å². The summed E-state index contributed by atoms with van der Waals surface area (Å²) >= 11 is 0. The van der Waals surface area contributed by atoms with E-state index < -0.39 is 0 Å². The van der Waals surface area contributed by atoms with Crippen molar-refractivity contribution in [3.05, 3.63) is 41.5 Å². The molecular formula is C17H26. The van der Waals surface area contributed by atoms with Gasteiger partial charge in [-0.2, -0.15) is 0 Å². The van der Waals surface area contributed by atoms with Crippen molar-refractivity contribution in [2.75, 3.05) is 0 Å². The van der Waals surface area contributed by atoms with Crippen LogP contribution in [0.2, 0.25) is 0 Å². The van der Waals surface area contributed by atoms with Gasteiger partial charge in [0.2, 0.25) is 0 Å². The Hall–Kier alpha value is -1.04. The standard InChI is InChI=1S/C17H26/c1-6-14(3)16-10-8-15(9-11-16)12-13-17(4,5)7-2/h8-14H,6-7H2,1-5H3/b13-12+. The Balaban J connectivity index is 2.75. The van der Waals surface area contributed by atoms with E-state index >= 15 is 0 Å². The van der Waals surface area contributed by atoms with Gasteiger partial charge >= 0.3 is 0 Å². The molecule has 0 fully saturated rings. The van der Waals surface area contributed by atoms with Gasteiger partial charge in [-0.25, -0.2) is 0 Å². The Morgan fingerprint density at radius 3 is 2.18 bits per heavy atom. The summed E-state index contributed by atoms with van der Waals surface area (Å²) in [7, 11) is 0. The van der Waals surface area contributed by atoms with Crippen LogP contribution in [0.3, 0.4) is 0 Å². The second-order valence-electron chi connectivity index (χ2n) is 5.65. The van der Waals surface area contributed by atoms with Gasteiger partial charge < -0.3 is 0 Å². The lowest BCUT2D eigenvalue weighted by molar-refractivity contribution is 0.464. The van der Waals surface area contributed by atoms with E-state index in [2.05, 4.69) is 71.0 Å². The number of rotatable bonds is 5. The maximum atomic E-state index is 2.31. The topological polar surface area (TPSA) is 0 Å². The molecule has 1 aromatic rings. The summed E-state index contributed by atoms with van der Waals surface area (Å²) in [5, 5.41) is 0. The number of hydrogen-bond acceptors (Lipinski definition) is 0. The Bertz CT molecular complexity index is 354. The van der Waals surface area contributed by atoms with E-state index in [0.29, 0.717) is 11.3 Å². The number of hydrogen-bond donors (Lipinski definition) is 0. The first kappa shape index (κ1) is 14.0. The van der Waals surface area contributed by atoms with Crippen LogP contribution < -0.4 is 0 Å². The summed E-state index contributed by atoms with van der Waals surface area (Å²) < 4.78 is 0. The van der Waals surface area contributed by atoms with E-state index in [9.17, 15) is 0 Å². The number of allylic oxidation sites excluding steroid dienone is 1. The minimum absolute atomic E-state index is 0.301. The molecule has 0 amide bonds. The molecule has 0 saturated carbocycles. The van der Waals surface area contributed by atoms with Gasteiger partial charge in [0, 0.05) is 0 Å². The van der Waals surface area contributed by atoms with E-state index in [1.807, 2.05) is 0 Å². The third-order valence-corrected chi connectivity index (χ3v) is 3.76. The van der Waals surface area contributed by atoms with Crippen LogP contribution >= 0.6 is 0 Å². The zero-order chi connectivity index (χ0) is 12.9. The molecule has 0 aliphatic rings. The van der Waals surface area contributed by atoms with Crippen molar-refractivity contribution in [3.8, 4) is 0 Å². The number of benzene rings is 1. The molecule has 0 N–H and O–H groups in total. The van der Waals surface area contributed by atoms with E-state index in [0.717, 1.165) is 0 Å². The minimum Gasteiger partial charge on any atom is -0.0783 e. The highest BCUT2D eigenvalue weighted by molar-refractivity contribution is 5.50. The third kappa shape index (κ3) is 4.38. The van der Waals surface area contributed by atoms with Gasteiger partial charge in [-0.05, 0) is 35.3 Å². The van der Waals surface area contributed by atoms with Crippen molar-refractivity contribution >= 4 is 6.08 Å². The molecule has 0 aromatic heterocycles. The Morgan fingerprint density at radius 1 is 1.12 bits per heavy atom. The van der Waals surface area contributed by atoms with Crippen LogP contribution in [-0.4, -0.2) is 0 Å². The molecular weight excluding hydrogens is 204 g/mol. The minimum atomic E-state index is 0.301. The maximum absolute atomic E-state index is 2.31. The highest BCUT2D eigenvalue weighted by Crippen LogP contribution is 2.23. The Labute approximate surface area is 107 Å². The van der Waals surface area contributed by atoms with Crippen LogP contribution in [0, 0.1) is 5.41 Å². The molecule has 94 valence electrons. The first-order valence-electron chi connectivity index (χ1n) is 6.77. The summed E-state index contributed by atoms with van der Waals surface area (Å²) in [6, 6.07) is 8.97. The predicted molar refractivity (Wildman–Crippen MR) is 78.3 cm³/mol. The molecule has 0 bridgehead atoms. The molecule has 0 aliphatic carbocycles. The Morgan fingerprint density at radius 2 is 1.71 bits per heavy atom. The van der Waals surface area contributed by atoms with Gasteiger partial charge in [0.1, 0.15) is 0 Å². The summed E-state index contributed by atoms with van der Waals surface area (Å²) in [6.45, 7) is 11.3. The van der Waals surface area contributed by atoms with Gasteiger partial charge in [0.15, 0.2) is 0 Å². The SMILES string of the molecule is CCC(C)c1ccc(/C=C/C(C)(C)CC)cc1. The lowest BCUT2D eigenvalue weighted by Crippen LogP contribution is -2.03. The molecule has 0 heterocycles. The molecule has 1 unspecified atom stereocenters. The molecule has 1 aromatic carbocycles.